The minimum Gasteiger partial charge on any atom is -0.459 e. The van der Waals surface area contributed by atoms with Crippen LogP contribution in [0.25, 0.3) is 0 Å². The number of carbonyl (C=O) groups excluding carboxylic acids is 2. The Kier molecular flexibility index (Phi) is 6.69. The van der Waals surface area contributed by atoms with Crippen molar-refractivity contribution in [3.8, 4) is 12.3 Å². The number of nitrogens with zero attached hydrogens (tertiary/aromatic N) is 1. The van der Waals surface area contributed by atoms with E-state index in [2.05, 4.69) is 11.2 Å². The van der Waals surface area contributed by atoms with E-state index in [4.69, 9.17) is 0 Å². The van der Waals surface area contributed by atoms with E-state index in [9.17, 15) is 19.7 Å². The highest BCUT2D eigenvalue weighted by molar-refractivity contribution is 6.09. The number of carbonyl (C=O) groups is 2. The highest BCUT2D eigenvalue weighted by Crippen LogP contribution is 2.15. The molecule has 0 aliphatic rings. The van der Waals surface area contributed by atoms with Crippen LogP contribution in [0.1, 0.15) is 15.9 Å². The summed E-state index contributed by atoms with van der Waals surface area (Å²) in [6.07, 6.45) is 4.56. The van der Waals surface area contributed by atoms with Gasteiger partial charge in [0.2, 0.25) is 0 Å². The largest absolute Gasteiger partial charge is 0.459 e. The first-order valence-electron chi connectivity index (χ1n) is 6.38. The summed E-state index contributed by atoms with van der Waals surface area (Å²) in [6.45, 7) is 0. The van der Waals surface area contributed by atoms with Crippen molar-refractivity contribution in [2.24, 2.45) is 0 Å². The molecule has 0 aliphatic heterocycles. The summed E-state index contributed by atoms with van der Waals surface area (Å²) in [5, 5.41) is 10.5. The predicted molar refractivity (Wildman–Crippen MR) is 83.8 cm³/mol. The van der Waals surface area contributed by atoms with Gasteiger partial charge in [0.15, 0.2) is 5.78 Å². The number of hydrogen-bond acceptors (Lipinski definition) is 5. The molecular weight excluding hydrogens is 298 g/mol. The summed E-state index contributed by atoms with van der Waals surface area (Å²) in [6, 6.07) is 14.4. The van der Waals surface area contributed by atoms with Crippen LogP contribution in [0.5, 0.6) is 0 Å². The SMILES string of the molecule is C#CC(=O)OC.O=C(c1ccccc1)c1ccc([N+](=O)[O-])cc1. The van der Waals surface area contributed by atoms with Crippen LogP contribution < -0.4 is 0 Å². The molecule has 0 atom stereocenters. The molecule has 0 radical (unpaired) electrons. The maximum absolute atomic E-state index is 12.0. The van der Waals surface area contributed by atoms with E-state index in [1.807, 2.05) is 6.07 Å². The quantitative estimate of drug-likeness (QED) is 0.217. The Morgan fingerprint density at radius 3 is 1.96 bits per heavy atom. The Hall–Kier alpha value is -3.46. The molecule has 23 heavy (non-hydrogen) atoms. The van der Waals surface area contributed by atoms with Crippen LogP contribution in [0.15, 0.2) is 54.6 Å². The van der Waals surface area contributed by atoms with Gasteiger partial charge in [0.25, 0.3) is 5.69 Å². The highest BCUT2D eigenvalue weighted by atomic mass is 16.6. The lowest BCUT2D eigenvalue weighted by molar-refractivity contribution is -0.384. The lowest BCUT2D eigenvalue weighted by Gasteiger charge is -2.00. The summed E-state index contributed by atoms with van der Waals surface area (Å²) in [4.78, 5) is 31.7. The van der Waals surface area contributed by atoms with Gasteiger partial charge in [-0.1, -0.05) is 30.3 Å². The van der Waals surface area contributed by atoms with Crippen molar-refractivity contribution in [2.75, 3.05) is 7.11 Å². The van der Waals surface area contributed by atoms with Crippen molar-refractivity contribution in [3.05, 3.63) is 75.8 Å². The fraction of sp³-hybridized carbons (Fsp3) is 0.0588. The van der Waals surface area contributed by atoms with Gasteiger partial charge >= 0.3 is 5.97 Å². The molecule has 116 valence electrons. The van der Waals surface area contributed by atoms with E-state index in [-0.39, 0.29) is 11.5 Å². The molecule has 0 aliphatic carbocycles. The molecular formula is C17H13NO5. The van der Waals surface area contributed by atoms with E-state index in [0.717, 1.165) is 0 Å². The summed E-state index contributed by atoms with van der Waals surface area (Å²) in [5.41, 5.74) is 0.998. The highest BCUT2D eigenvalue weighted by Gasteiger charge is 2.10. The number of terminal acetylenes is 1. The Morgan fingerprint density at radius 2 is 1.57 bits per heavy atom. The van der Waals surface area contributed by atoms with Gasteiger partial charge in [-0.05, 0) is 12.1 Å². The van der Waals surface area contributed by atoms with E-state index in [0.29, 0.717) is 11.1 Å². The zero-order valence-corrected chi connectivity index (χ0v) is 12.3. The normalized spacial score (nSPS) is 8.87. The van der Waals surface area contributed by atoms with Crippen LogP contribution in [-0.2, 0) is 9.53 Å². The second kappa shape index (κ2) is 8.74. The number of nitro groups is 1. The van der Waals surface area contributed by atoms with Crippen LogP contribution in [0.3, 0.4) is 0 Å². The number of methoxy groups -OCH3 is 1. The summed E-state index contributed by atoms with van der Waals surface area (Å²) in [7, 11) is 1.24. The predicted octanol–water partition coefficient (Wildman–Crippen LogP) is 2.62. The van der Waals surface area contributed by atoms with Crippen LogP contribution in [0, 0.1) is 22.5 Å². The minimum absolute atomic E-state index is 0.0189. The van der Waals surface area contributed by atoms with Crippen molar-refractivity contribution in [1.82, 2.24) is 0 Å². The average molecular weight is 311 g/mol. The third-order valence-electron chi connectivity index (χ3n) is 2.68. The molecule has 0 aromatic heterocycles. The zero-order valence-electron chi connectivity index (χ0n) is 12.3. The molecule has 0 spiro atoms. The Balaban J connectivity index is 0.000000379. The first-order valence-corrected chi connectivity index (χ1v) is 6.38. The van der Waals surface area contributed by atoms with Crippen molar-refractivity contribution in [2.45, 2.75) is 0 Å². The number of rotatable bonds is 3. The van der Waals surface area contributed by atoms with Gasteiger partial charge in [0, 0.05) is 29.2 Å². The minimum atomic E-state index is -0.630. The van der Waals surface area contributed by atoms with Crippen LogP contribution in [0.2, 0.25) is 0 Å². The fourth-order valence-corrected chi connectivity index (χ4v) is 1.55. The number of ether oxygens (including phenoxy) is 1. The van der Waals surface area contributed by atoms with Gasteiger partial charge in [-0.25, -0.2) is 4.79 Å². The van der Waals surface area contributed by atoms with Crippen molar-refractivity contribution in [3.63, 3.8) is 0 Å². The molecule has 0 fully saturated rings. The number of benzene rings is 2. The summed E-state index contributed by atoms with van der Waals surface area (Å²) < 4.78 is 4.02. The molecule has 2 aromatic rings. The molecule has 6 heteroatoms. The van der Waals surface area contributed by atoms with Crippen molar-refractivity contribution in [1.29, 1.82) is 0 Å². The molecule has 0 bridgehead atoms. The van der Waals surface area contributed by atoms with Crippen LogP contribution in [0.4, 0.5) is 5.69 Å². The van der Waals surface area contributed by atoms with E-state index >= 15 is 0 Å². The number of hydrogen-bond donors (Lipinski definition) is 0. The Labute approximate surface area is 132 Å². The van der Waals surface area contributed by atoms with Crippen LogP contribution in [-0.4, -0.2) is 23.8 Å². The van der Waals surface area contributed by atoms with Gasteiger partial charge in [0.1, 0.15) is 0 Å². The Bertz CT molecular complexity index is 730. The third-order valence-corrected chi connectivity index (χ3v) is 2.68. The fourth-order valence-electron chi connectivity index (χ4n) is 1.55. The first kappa shape index (κ1) is 17.6. The number of ketones is 1. The lowest BCUT2D eigenvalue weighted by Crippen LogP contribution is -2.00. The second-order valence-electron chi connectivity index (χ2n) is 4.14. The van der Waals surface area contributed by atoms with Gasteiger partial charge < -0.3 is 4.74 Å². The standard InChI is InChI=1S/C13H9NO3.C4H4O2/c15-13(10-4-2-1-3-5-10)11-6-8-12(9-7-11)14(16)17;1-3-4(5)6-2/h1-9H;1H,2H3. The maximum atomic E-state index is 12.0. The summed E-state index contributed by atoms with van der Waals surface area (Å²) >= 11 is 0. The van der Waals surface area contributed by atoms with Gasteiger partial charge in [0.05, 0.1) is 12.0 Å². The molecule has 0 heterocycles. The number of esters is 1. The molecule has 2 aromatic carbocycles. The molecule has 0 amide bonds. The third kappa shape index (κ3) is 5.44. The molecule has 0 N–H and O–H groups in total. The van der Waals surface area contributed by atoms with Crippen LogP contribution >= 0.6 is 0 Å². The monoisotopic (exact) mass is 311 g/mol. The lowest BCUT2D eigenvalue weighted by atomic mass is 10.0. The maximum Gasteiger partial charge on any atom is 0.383 e. The Morgan fingerprint density at radius 1 is 1.04 bits per heavy atom. The van der Waals surface area contributed by atoms with Gasteiger partial charge in [-0.15, -0.1) is 6.42 Å². The molecule has 0 saturated heterocycles. The van der Waals surface area contributed by atoms with E-state index in [1.54, 1.807) is 30.2 Å². The molecule has 0 unspecified atom stereocenters. The first-order chi connectivity index (χ1) is 11.0. The van der Waals surface area contributed by atoms with Crippen molar-refractivity contribution < 1.29 is 19.2 Å². The van der Waals surface area contributed by atoms with E-state index < -0.39 is 10.9 Å². The zero-order chi connectivity index (χ0) is 17.2. The smallest absolute Gasteiger partial charge is 0.383 e. The van der Waals surface area contributed by atoms with Gasteiger partial charge in [-0.2, -0.15) is 0 Å². The van der Waals surface area contributed by atoms with E-state index in [1.165, 1.54) is 31.4 Å². The summed E-state index contributed by atoms with van der Waals surface area (Å²) in [5.74, 6) is 0.985. The topological polar surface area (TPSA) is 86.5 Å². The van der Waals surface area contributed by atoms with Gasteiger partial charge in [-0.3, -0.25) is 14.9 Å². The number of non-ortho nitro benzene ring substituents is 1. The average Bonchev–Trinajstić information content (AvgIpc) is 2.61. The second-order valence-corrected chi connectivity index (χ2v) is 4.14. The van der Waals surface area contributed by atoms with Crippen molar-refractivity contribution >= 4 is 17.4 Å². The number of nitro benzene ring substituents is 1. The molecule has 6 nitrogen and oxygen atoms in total. The molecule has 2 rings (SSSR count). The molecule has 0 saturated carbocycles.